The second-order valence-corrected chi connectivity index (χ2v) is 4.41. The molecule has 1 aromatic rings. The number of anilines is 1. The molecule has 0 spiro atoms. The van der Waals surface area contributed by atoms with E-state index in [1.807, 2.05) is 0 Å². The van der Waals surface area contributed by atoms with E-state index >= 15 is 0 Å². The molecule has 1 aromatic heterocycles. The van der Waals surface area contributed by atoms with Gasteiger partial charge in [-0.3, -0.25) is 0 Å². The van der Waals surface area contributed by atoms with Gasteiger partial charge in [-0.1, -0.05) is 0 Å². The number of nitrogens with zero attached hydrogens (tertiary/aromatic N) is 2. The quantitative estimate of drug-likeness (QED) is 0.316. The molecule has 10 heteroatoms. The minimum atomic E-state index is -2.76. The van der Waals surface area contributed by atoms with Gasteiger partial charge in [0.25, 0.3) is 5.91 Å². The third-order valence-corrected chi connectivity index (χ3v) is 3.14. The smallest absolute Gasteiger partial charge is 0.353 e. The molecule has 0 amide bonds. The Balaban J connectivity index is 2.55. The molecule has 20 heavy (non-hydrogen) atoms. The number of nitrogens with two attached hydrogens (primary N) is 1. The number of aromatic nitrogens is 2. The summed E-state index contributed by atoms with van der Waals surface area (Å²) in [4.78, 5) is 15.0. The molecule has 1 saturated heterocycles. The Hall–Kier alpha value is -1.56. The van der Waals surface area contributed by atoms with Gasteiger partial charge in [0.05, 0.1) is 6.61 Å². The Morgan fingerprint density at radius 3 is 2.60 bits per heavy atom. The van der Waals surface area contributed by atoms with Crippen LogP contribution in [0.3, 0.4) is 0 Å². The molecule has 5 atom stereocenters. The van der Waals surface area contributed by atoms with Crippen LogP contribution in [0.15, 0.2) is 17.1 Å². The van der Waals surface area contributed by atoms with E-state index in [9.17, 15) is 25.2 Å². The third-order valence-electron chi connectivity index (χ3n) is 3.14. The van der Waals surface area contributed by atoms with Crippen LogP contribution in [0.25, 0.3) is 0 Å². The van der Waals surface area contributed by atoms with Crippen LogP contribution >= 0.6 is 0 Å². The first-order chi connectivity index (χ1) is 9.32. The van der Waals surface area contributed by atoms with Gasteiger partial charge >= 0.3 is 5.69 Å². The zero-order chi connectivity index (χ0) is 15.1. The Labute approximate surface area is 112 Å². The number of hydrogen-bond acceptors (Lipinski definition) is 9. The van der Waals surface area contributed by atoms with Crippen LogP contribution in [0.5, 0.6) is 0 Å². The molecule has 1 aliphatic rings. The summed E-state index contributed by atoms with van der Waals surface area (Å²) in [5.41, 5.74) is 4.50. The van der Waals surface area contributed by atoms with Crippen LogP contribution in [-0.4, -0.2) is 66.1 Å². The number of aliphatic hydroxyl groups excluding tert-OH is 4. The zero-order valence-electron chi connectivity index (χ0n) is 10.2. The van der Waals surface area contributed by atoms with E-state index in [1.54, 1.807) is 0 Å². The molecule has 1 aliphatic heterocycles. The summed E-state index contributed by atoms with van der Waals surface area (Å²) in [5.74, 6) is -3.05. The second-order valence-electron chi connectivity index (χ2n) is 4.41. The molecule has 10 nitrogen and oxygen atoms in total. The van der Waals surface area contributed by atoms with E-state index < -0.39 is 42.6 Å². The average molecular weight is 289 g/mol. The molecular formula is C10H15N3O7. The SMILES string of the molecule is Nc1ccnc(=O)n1C1(O)O[C@H](CO)[C@@H](O)[C@H](O)[C@H]1O. The van der Waals surface area contributed by atoms with Crippen molar-refractivity contribution in [3.63, 3.8) is 0 Å². The molecule has 0 bridgehead atoms. The van der Waals surface area contributed by atoms with Crippen molar-refractivity contribution in [2.75, 3.05) is 12.3 Å². The molecule has 0 aliphatic carbocycles. The number of ether oxygens (including phenoxy) is 1. The van der Waals surface area contributed by atoms with E-state index in [0.717, 1.165) is 6.20 Å². The van der Waals surface area contributed by atoms with Crippen molar-refractivity contribution in [1.82, 2.24) is 9.55 Å². The molecule has 1 unspecified atom stereocenters. The third kappa shape index (κ3) is 2.08. The number of aliphatic hydroxyl groups is 5. The molecule has 2 heterocycles. The van der Waals surface area contributed by atoms with Crippen molar-refractivity contribution in [3.05, 3.63) is 22.7 Å². The van der Waals surface area contributed by atoms with Gasteiger partial charge < -0.3 is 36.0 Å². The van der Waals surface area contributed by atoms with Gasteiger partial charge in [-0.05, 0) is 6.07 Å². The van der Waals surface area contributed by atoms with Crippen molar-refractivity contribution < 1.29 is 30.3 Å². The average Bonchev–Trinajstić information content (AvgIpc) is 2.40. The first-order valence-electron chi connectivity index (χ1n) is 5.72. The van der Waals surface area contributed by atoms with Crippen molar-refractivity contribution in [1.29, 1.82) is 0 Å². The standard InChI is InChI=1S/C10H15N3O7/c11-5-1-2-12-9(18)13(5)10(19)8(17)7(16)6(15)4(3-14)20-10/h1-2,4,6-8,14-17,19H,3,11H2/t4-,6-,7+,8-,10?/m1/s1. The molecule has 7 N–H and O–H groups in total. The Bertz CT molecular complexity index is 548. The van der Waals surface area contributed by atoms with Crippen molar-refractivity contribution >= 4 is 5.82 Å². The molecular weight excluding hydrogens is 274 g/mol. The Morgan fingerprint density at radius 1 is 1.40 bits per heavy atom. The van der Waals surface area contributed by atoms with E-state index in [1.165, 1.54) is 6.07 Å². The molecule has 112 valence electrons. The monoisotopic (exact) mass is 289 g/mol. The summed E-state index contributed by atoms with van der Waals surface area (Å²) in [6.07, 6.45) is -5.93. The second kappa shape index (κ2) is 5.09. The fourth-order valence-corrected chi connectivity index (χ4v) is 2.06. The zero-order valence-corrected chi connectivity index (χ0v) is 10.2. The predicted molar refractivity (Wildman–Crippen MR) is 63.1 cm³/mol. The van der Waals surface area contributed by atoms with Crippen molar-refractivity contribution in [2.24, 2.45) is 0 Å². The van der Waals surface area contributed by atoms with Crippen LogP contribution < -0.4 is 11.4 Å². The number of hydrogen-bond donors (Lipinski definition) is 6. The van der Waals surface area contributed by atoms with Crippen LogP contribution in [0.4, 0.5) is 5.82 Å². The lowest BCUT2D eigenvalue weighted by molar-refractivity contribution is -0.391. The molecule has 1 fully saturated rings. The van der Waals surface area contributed by atoms with E-state index in [-0.39, 0.29) is 5.82 Å². The first-order valence-corrected chi connectivity index (χ1v) is 5.72. The highest BCUT2D eigenvalue weighted by Gasteiger charge is 2.55. The van der Waals surface area contributed by atoms with Gasteiger partial charge in [-0.25, -0.2) is 14.3 Å². The highest BCUT2D eigenvalue weighted by molar-refractivity contribution is 5.27. The predicted octanol–water partition coefficient (Wildman–Crippen LogP) is -4.10. The highest BCUT2D eigenvalue weighted by Crippen LogP contribution is 2.32. The van der Waals surface area contributed by atoms with Crippen molar-refractivity contribution in [2.45, 2.75) is 30.3 Å². The Kier molecular flexibility index (Phi) is 3.77. The number of nitrogen functional groups attached to an aromatic ring is 1. The van der Waals surface area contributed by atoms with Gasteiger partial charge in [-0.2, -0.15) is 0 Å². The van der Waals surface area contributed by atoms with E-state index in [2.05, 4.69) is 4.98 Å². The topological polar surface area (TPSA) is 171 Å². The van der Waals surface area contributed by atoms with Crippen LogP contribution in [0.2, 0.25) is 0 Å². The van der Waals surface area contributed by atoms with E-state index in [0.29, 0.717) is 4.57 Å². The van der Waals surface area contributed by atoms with Gasteiger partial charge in [-0.15, -0.1) is 0 Å². The molecule has 0 radical (unpaired) electrons. The highest BCUT2D eigenvalue weighted by atomic mass is 16.7. The van der Waals surface area contributed by atoms with Crippen LogP contribution in [-0.2, 0) is 10.6 Å². The Morgan fingerprint density at radius 2 is 2.05 bits per heavy atom. The van der Waals surface area contributed by atoms with Gasteiger partial charge in [0.2, 0.25) is 0 Å². The minimum Gasteiger partial charge on any atom is -0.394 e. The summed E-state index contributed by atoms with van der Waals surface area (Å²) in [5, 5.41) is 48.6. The van der Waals surface area contributed by atoms with Crippen LogP contribution in [0.1, 0.15) is 0 Å². The maximum Gasteiger partial charge on any atom is 0.353 e. The van der Waals surface area contributed by atoms with Gasteiger partial charge in [0, 0.05) is 6.20 Å². The fraction of sp³-hybridized carbons (Fsp3) is 0.600. The summed E-state index contributed by atoms with van der Waals surface area (Å²) < 4.78 is 5.38. The maximum atomic E-state index is 11.7. The maximum absolute atomic E-state index is 11.7. The molecule has 0 saturated carbocycles. The molecule has 2 rings (SSSR count). The lowest BCUT2D eigenvalue weighted by Crippen LogP contribution is -2.67. The lowest BCUT2D eigenvalue weighted by Gasteiger charge is -2.45. The summed E-state index contributed by atoms with van der Waals surface area (Å²) in [7, 11) is 0. The normalized spacial score (nSPS) is 37.9. The number of rotatable bonds is 2. The van der Waals surface area contributed by atoms with Crippen LogP contribution in [0, 0.1) is 0 Å². The summed E-state index contributed by atoms with van der Waals surface area (Å²) >= 11 is 0. The van der Waals surface area contributed by atoms with Gasteiger partial charge in [0.1, 0.15) is 24.1 Å². The van der Waals surface area contributed by atoms with E-state index in [4.69, 9.17) is 15.6 Å². The lowest BCUT2D eigenvalue weighted by atomic mass is 9.96. The molecule has 0 aromatic carbocycles. The first kappa shape index (κ1) is 14.8. The minimum absolute atomic E-state index is 0.285. The van der Waals surface area contributed by atoms with Gasteiger partial charge in [0.15, 0.2) is 6.10 Å². The summed E-state index contributed by atoms with van der Waals surface area (Å²) in [6, 6.07) is 1.17. The summed E-state index contributed by atoms with van der Waals surface area (Å²) in [6.45, 7) is -0.762. The fourth-order valence-electron chi connectivity index (χ4n) is 2.06. The van der Waals surface area contributed by atoms with Crippen molar-refractivity contribution in [3.8, 4) is 0 Å². The largest absolute Gasteiger partial charge is 0.394 e.